The number of rotatable bonds is 6. The van der Waals surface area contributed by atoms with Crippen molar-refractivity contribution in [3.63, 3.8) is 0 Å². The first kappa shape index (κ1) is 24.2. The number of aromatic nitrogens is 3. The number of nitrogens with zero attached hydrogens (tertiary/aromatic N) is 3. The summed E-state index contributed by atoms with van der Waals surface area (Å²) in [7, 11) is 0. The Balaban J connectivity index is 1.26. The van der Waals surface area contributed by atoms with Gasteiger partial charge in [-0.2, -0.15) is 0 Å². The summed E-state index contributed by atoms with van der Waals surface area (Å²) < 4.78 is 12.8. The van der Waals surface area contributed by atoms with Gasteiger partial charge in [0.2, 0.25) is 0 Å². The molecule has 1 heterocycles. The molecule has 37 heavy (non-hydrogen) atoms. The molecular formula is C29H28N4O4. The fourth-order valence-electron chi connectivity index (χ4n) is 4.57. The van der Waals surface area contributed by atoms with Crippen molar-refractivity contribution in [1.29, 1.82) is 0 Å². The maximum atomic E-state index is 12.8. The number of hydrogen-bond donors (Lipinski definition) is 1. The van der Waals surface area contributed by atoms with Crippen molar-refractivity contribution in [2.75, 3.05) is 6.61 Å². The molecule has 4 aromatic rings. The normalized spacial score (nSPS) is 12.5. The predicted molar refractivity (Wildman–Crippen MR) is 138 cm³/mol. The summed E-state index contributed by atoms with van der Waals surface area (Å²) in [6.07, 6.45) is 0.939. The van der Waals surface area contributed by atoms with Crippen LogP contribution >= 0.6 is 0 Å². The number of amides is 1. The maximum absolute atomic E-state index is 12.8. The molecule has 0 saturated carbocycles. The molecule has 0 atom stereocenters. The van der Waals surface area contributed by atoms with Crippen LogP contribution in [0.15, 0.2) is 79.1 Å². The molecule has 1 aliphatic rings. The summed E-state index contributed by atoms with van der Waals surface area (Å²) in [5.74, 6) is -0.0285. The molecule has 5 rings (SSSR count). The lowest BCUT2D eigenvalue weighted by Crippen LogP contribution is -2.27. The molecule has 3 aromatic carbocycles. The van der Waals surface area contributed by atoms with Crippen LogP contribution in [0, 0.1) is 0 Å². The zero-order chi connectivity index (χ0) is 26.0. The molecule has 0 radical (unpaired) electrons. The largest absolute Gasteiger partial charge is 0.456 e. The monoisotopic (exact) mass is 496 g/mol. The minimum Gasteiger partial charge on any atom is -0.456 e. The molecule has 1 N–H and O–H groups in total. The van der Waals surface area contributed by atoms with Gasteiger partial charge in [0.05, 0.1) is 17.8 Å². The number of alkyl carbamates (subject to hydrolysis) is 1. The zero-order valence-electron chi connectivity index (χ0n) is 21.0. The van der Waals surface area contributed by atoms with E-state index in [1.807, 2.05) is 51.1 Å². The Morgan fingerprint density at radius 2 is 1.54 bits per heavy atom. The zero-order valence-corrected chi connectivity index (χ0v) is 21.0. The fraction of sp³-hybridized carbons (Fsp3) is 0.241. The molecule has 0 saturated heterocycles. The van der Waals surface area contributed by atoms with Crippen LogP contribution in [0.5, 0.6) is 0 Å². The Hall–Kier alpha value is -4.46. The molecule has 8 nitrogen and oxygen atoms in total. The topological polar surface area (TPSA) is 95.3 Å². The first-order valence-electron chi connectivity index (χ1n) is 12.1. The molecule has 0 bridgehead atoms. The molecule has 1 amide bonds. The average molecular weight is 497 g/mol. The minimum atomic E-state index is -0.633. The van der Waals surface area contributed by atoms with Gasteiger partial charge in [-0.25, -0.2) is 9.59 Å². The number of esters is 1. The Labute approximate surface area is 215 Å². The first-order valence-corrected chi connectivity index (χ1v) is 12.1. The van der Waals surface area contributed by atoms with Crippen LogP contribution in [0.3, 0.4) is 0 Å². The van der Waals surface area contributed by atoms with E-state index in [-0.39, 0.29) is 19.1 Å². The van der Waals surface area contributed by atoms with E-state index in [0.29, 0.717) is 17.1 Å². The van der Waals surface area contributed by atoms with Crippen LogP contribution in [0.25, 0.3) is 16.8 Å². The van der Waals surface area contributed by atoms with Gasteiger partial charge in [-0.15, -0.1) is 10.2 Å². The van der Waals surface area contributed by atoms with Crippen molar-refractivity contribution >= 4 is 12.1 Å². The van der Waals surface area contributed by atoms with Crippen LogP contribution in [0.1, 0.15) is 54.0 Å². The number of nitrogens with one attached hydrogen (secondary N) is 1. The van der Waals surface area contributed by atoms with E-state index in [1.165, 1.54) is 17.5 Å². The summed E-state index contributed by atoms with van der Waals surface area (Å²) in [4.78, 5) is 25.4. The summed E-state index contributed by atoms with van der Waals surface area (Å²) in [6.45, 7) is 5.73. The molecule has 1 aromatic heterocycles. The van der Waals surface area contributed by atoms with Crippen molar-refractivity contribution in [1.82, 2.24) is 20.1 Å². The van der Waals surface area contributed by atoms with E-state index in [1.54, 1.807) is 22.8 Å². The van der Waals surface area contributed by atoms with E-state index in [9.17, 15) is 9.59 Å². The van der Waals surface area contributed by atoms with Gasteiger partial charge >= 0.3 is 12.1 Å². The van der Waals surface area contributed by atoms with Gasteiger partial charge < -0.3 is 14.8 Å². The third-order valence-corrected chi connectivity index (χ3v) is 6.14. The Kier molecular flexibility index (Phi) is 6.48. The van der Waals surface area contributed by atoms with Crippen molar-refractivity contribution in [2.24, 2.45) is 0 Å². The number of para-hydroxylation sites is 1. The third kappa shape index (κ3) is 5.09. The van der Waals surface area contributed by atoms with Gasteiger partial charge in [-0.1, -0.05) is 60.7 Å². The number of benzene rings is 3. The molecule has 188 valence electrons. The quantitative estimate of drug-likeness (QED) is 0.366. The smallest absolute Gasteiger partial charge is 0.407 e. The van der Waals surface area contributed by atoms with Crippen LogP contribution in [-0.2, 0) is 16.0 Å². The number of carbonyl (C=O) groups excluding carboxylic acids is 2. The van der Waals surface area contributed by atoms with E-state index in [0.717, 1.165) is 11.1 Å². The van der Waals surface area contributed by atoms with Crippen molar-refractivity contribution in [3.05, 3.63) is 102 Å². The van der Waals surface area contributed by atoms with Gasteiger partial charge in [0.1, 0.15) is 18.5 Å². The number of carbonyl (C=O) groups is 2. The number of fused-ring (bicyclic) bond motifs is 3. The van der Waals surface area contributed by atoms with Crippen LogP contribution in [-0.4, -0.2) is 39.0 Å². The van der Waals surface area contributed by atoms with E-state index < -0.39 is 17.7 Å². The lowest BCUT2D eigenvalue weighted by Gasteiger charge is -2.21. The summed E-state index contributed by atoms with van der Waals surface area (Å²) in [5, 5.41) is 10.9. The fourth-order valence-corrected chi connectivity index (χ4v) is 4.57. The molecule has 8 heteroatoms. The van der Waals surface area contributed by atoms with Crippen LogP contribution in [0.2, 0.25) is 0 Å². The highest BCUT2D eigenvalue weighted by molar-refractivity contribution is 5.93. The average Bonchev–Trinajstić information content (AvgIpc) is 3.48. The third-order valence-electron chi connectivity index (χ3n) is 6.14. The number of ether oxygens (including phenoxy) is 2. The standard InChI is InChI=1S/C29H28N4O4/c1-29(2,3)37-27(34)23-14-8-9-15-25(23)33-18-31-32-26(33)16-30-28(35)36-17-24-21-12-6-4-10-19(21)20-11-5-7-13-22(20)24/h4-15,18,24H,16-17H2,1-3H3,(H,30,35). The molecule has 0 spiro atoms. The van der Waals surface area contributed by atoms with Gasteiger partial charge in [0, 0.05) is 5.92 Å². The highest BCUT2D eigenvalue weighted by atomic mass is 16.6. The van der Waals surface area contributed by atoms with Gasteiger partial charge in [-0.3, -0.25) is 4.57 Å². The number of hydrogen-bond acceptors (Lipinski definition) is 6. The van der Waals surface area contributed by atoms with Crippen molar-refractivity contribution in [3.8, 4) is 16.8 Å². The van der Waals surface area contributed by atoms with Gasteiger partial charge in [-0.05, 0) is 55.2 Å². The predicted octanol–water partition coefficient (Wildman–Crippen LogP) is 5.26. The summed E-state index contributed by atoms with van der Waals surface area (Å²) in [5.41, 5.74) is 4.94. The lowest BCUT2D eigenvalue weighted by atomic mass is 9.98. The molecule has 1 aliphatic carbocycles. The van der Waals surface area contributed by atoms with Gasteiger partial charge in [0.15, 0.2) is 5.82 Å². The second-order valence-electron chi connectivity index (χ2n) is 9.82. The first-order chi connectivity index (χ1) is 17.8. The molecule has 0 fully saturated rings. The minimum absolute atomic E-state index is 0.0255. The van der Waals surface area contributed by atoms with E-state index in [2.05, 4.69) is 39.8 Å². The van der Waals surface area contributed by atoms with Gasteiger partial charge in [0.25, 0.3) is 0 Å². The Morgan fingerprint density at radius 1 is 0.919 bits per heavy atom. The Morgan fingerprint density at radius 3 is 2.22 bits per heavy atom. The molecular weight excluding hydrogens is 468 g/mol. The SMILES string of the molecule is CC(C)(C)OC(=O)c1ccccc1-n1cnnc1CNC(=O)OCC1c2ccccc2-c2ccccc21. The molecule has 0 aliphatic heterocycles. The highest BCUT2D eigenvalue weighted by Gasteiger charge is 2.29. The highest BCUT2D eigenvalue weighted by Crippen LogP contribution is 2.44. The second kappa shape index (κ2) is 9.89. The second-order valence-corrected chi connectivity index (χ2v) is 9.82. The van der Waals surface area contributed by atoms with E-state index in [4.69, 9.17) is 9.47 Å². The van der Waals surface area contributed by atoms with Crippen LogP contribution < -0.4 is 5.32 Å². The summed E-state index contributed by atoms with van der Waals surface area (Å²) in [6, 6.07) is 23.4. The van der Waals surface area contributed by atoms with E-state index >= 15 is 0 Å². The van der Waals surface area contributed by atoms with Crippen LogP contribution in [0.4, 0.5) is 4.79 Å². The van der Waals surface area contributed by atoms with Crippen molar-refractivity contribution in [2.45, 2.75) is 38.8 Å². The molecule has 0 unspecified atom stereocenters. The summed E-state index contributed by atoms with van der Waals surface area (Å²) >= 11 is 0. The Bertz CT molecular complexity index is 1410. The van der Waals surface area contributed by atoms with Crippen molar-refractivity contribution < 1.29 is 19.1 Å². The lowest BCUT2D eigenvalue weighted by molar-refractivity contribution is 0.00695. The maximum Gasteiger partial charge on any atom is 0.407 e.